The Bertz CT molecular complexity index is 1340. The van der Waals surface area contributed by atoms with Crippen molar-refractivity contribution in [2.75, 3.05) is 25.7 Å². The second-order valence-electron chi connectivity index (χ2n) is 8.53. The van der Waals surface area contributed by atoms with Crippen LogP contribution in [0.25, 0.3) is 5.76 Å². The van der Waals surface area contributed by atoms with Crippen LogP contribution in [-0.2, 0) is 9.59 Å². The van der Waals surface area contributed by atoms with Crippen molar-refractivity contribution in [2.24, 2.45) is 0 Å². The molecule has 0 aromatic heterocycles. The van der Waals surface area contributed by atoms with Crippen LogP contribution in [0.3, 0.4) is 0 Å². The summed E-state index contributed by atoms with van der Waals surface area (Å²) in [6.07, 6.45) is 0. The van der Waals surface area contributed by atoms with Gasteiger partial charge < -0.3 is 19.3 Å². The first-order valence-electron chi connectivity index (χ1n) is 11.6. The summed E-state index contributed by atoms with van der Waals surface area (Å²) >= 11 is 0. The van der Waals surface area contributed by atoms with E-state index in [0.29, 0.717) is 40.7 Å². The van der Waals surface area contributed by atoms with E-state index < -0.39 is 17.7 Å². The van der Waals surface area contributed by atoms with Gasteiger partial charge in [-0.1, -0.05) is 23.8 Å². The van der Waals surface area contributed by atoms with Crippen LogP contribution in [0.4, 0.5) is 5.69 Å². The van der Waals surface area contributed by atoms with Crippen molar-refractivity contribution in [1.29, 1.82) is 0 Å². The molecule has 1 unspecified atom stereocenters. The molecule has 3 aromatic carbocycles. The van der Waals surface area contributed by atoms with Crippen molar-refractivity contribution in [1.82, 2.24) is 0 Å². The predicted molar refractivity (Wildman–Crippen MR) is 138 cm³/mol. The third-order valence-corrected chi connectivity index (χ3v) is 6.25. The zero-order valence-electron chi connectivity index (χ0n) is 21.0. The number of ether oxygens (including phenoxy) is 3. The van der Waals surface area contributed by atoms with Gasteiger partial charge in [-0.3, -0.25) is 14.5 Å². The van der Waals surface area contributed by atoms with Crippen molar-refractivity contribution < 1.29 is 28.9 Å². The van der Waals surface area contributed by atoms with Gasteiger partial charge in [0.2, 0.25) is 0 Å². The van der Waals surface area contributed by atoms with Crippen LogP contribution in [0.1, 0.15) is 35.2 Å². The molecule has 1 aliphatic heterocycles. The molecule has 7 heteroatoms. The lowest BCUT2D eigenvalue weighted by Gasteiger charge is -2.26. The average molecular weight is 488 g/mol. The number of aliphatic hydroxyl groups is 1. The fourth-order valence-corrected chi connectivity index (χ4v) is 4.42. The number of rotatable bonds is 7. The molecule has 4 rings (SSSR count). The van der Waals surface area contributed by atoms with Crippen LogP contribution in [0, 0.1) is 13.8 Å². The summed E-state index contributed by atoms with van der Waals surface area (Å²) in [7, 11) is 3.10. The predicted octanol–water partition coefficient (Wildman–Crippen LogP) is 5.35. The summed E-state index contributed by atoms with van der Waals surface area (Å²) < 4.78 is 16.4. The van der Waals surface area contributed by atoms with Crippen LogP contribution >= 0.6 is 0 Å². The molecule has 7 nitrogen and oxygen atoms in total. The molecule has 0 spiro atoms. The molecule has 0 saturated carbocycles. The van der Waals surface area contributed by atoms with Gasteiger partial charge in [0.1, 0.15) is 11.5 Å². The second-order valence-corrected chi connectivity index (χ2v) is 8.53. The van der Waals surface area contributed by atoms with E-state index in [9.17, 15) is 14.7 Å². The number of hydrogen-bond acceptors (Lipinski definition) is 6. The van der Waals surface area contributed by atoms with Gasteiger partial charge in [-0.05, 0) is 74.4 Å². The number of anilines is 1. The standard InChI is InChI=1S/C29H29NO6/c1-6-36-24-16-19(9-14-23(24)35-5)26-25(27(31)22-15-17(2)7-8-18(22)3)28(32)29(33)30(26)20-10-12-21(34-4)13-11-20/h7-16,26,31H,6H2,1-5H3/b27-25+. The fraction of sp³-hybridized carbons (Fsp3) is 0.241. The summed E-state index contributed by atoms with van der Waals surface area (Å²) in [5.74, 6) is -0.0930. The van der Waals surface area contributed by atoms with Gasteiger partial charge in [-0.2, -0.15) is 0 Å². The Morgan fingerprint density at radius 2 is 1.64 bits per heavy atom. The molecule has 1 heterocycles. The summed E-state index contributed by atoms with van der Waals surface area (Å²) in [6.45, 7) is 6.02. The van der Waals surface area contributed by atoms with E-state index in [1.165, 1.54) is 4.90 Å². The van der Waals surface area contributed by atoms with Gasteiger partial charge in [0.05, 0.1) is 32.4 Å². The number of methoxy groups -OCH3 is 2. The van der Waals surface area contributed by atoms with Crippen LogP contribution in [0.5, 0.6) is 17.2 Å². The molecular formula is C29H29NO6. The maximum absolute atomic E-state index is 13.5. The number of nitrogens with zero attached hydrogens (tertiary/aromatic N) is 1. The van der Waals surface area contributed by atoms with E-state index in [2.05, 4.69) is 0 Å². The van der Waals surface area contributed by atoms with E-state index >= 15 is 0 Å². The number of carbonyl (C=O) groups excluding carboxylic acids is 2. The van der Waals surface area contributed by atoms with Gasteiger partial charge in [-0.25, -0.2) is 0 Å². The summed E-state index contributed by atoms with van der Waals surface area (Å²) in [4.78, 5) is 28.3. The highest BCUT2D eigenvalue weighted by Crippen LogP contribution is 2.44. The number of hydrogen-bond donors (Lipinski definition) is 1. The number of aryl methyl sites for hydroxylation is 2. The van der Waals surface area contributed by atoms with Crippen LogP contribution in [0.2, 0.25) is 0 Å². The Labute approximate surface area is 210 Å². The lowest BCUT2D eigenvalue weighted by Crippen LogP contribution is -2.29. The topological polar surface area (TPSA) is 85.3 Å². The zero-order valence-corrected chi connectivity index (χ0v) is 21.0. The normalized spacial score (nSPS) is 16.8. The molecule has 3 aromatic rings. The Kier molecular flexibility index (Phi) is 7.01. The Balaban J connectivity index is 1.98. The molecule has 1 amide bonds. The maximum atomic E-state index is 13.5. The molecule has 0 radical (unpaired) electrons. The van der Waals surface area contributed by atoms with E-state index in [1.807, 2.05) is 39.0 Å². The SMILES string of the molecule is CCOc1cc(C2/C(=C(\O)c3cc(C)ccc3C)C(=O)C(=O)N2c2ccc(OC)cc2)ccc1OC. The quantitative estimate of drug-likeness (QED) is 0.275. The van der Waals surface area contributed by atoms with E-state index in [1.54, 1.807) is 56.7 Å². The molecular weight excluding hydrogens is 458 g/mol. The van der Waals surface area contributed by atoms with Crippen molar-refractivity contribution in [3.05, 3.63) is 88.5 Å². The summed E-state index contributed by atoms with van der Waals surface area (Å²) in [5.41, 5.74) is 3.32. The zero-order chi connectivity index (χ0) is 26.0. The van der Waals surface area contributed by atoms with Crippen LogP contribution < -0.4 is 19.1 Å². The van der Waals surface area contributed by atoms with Crippen LogP contribution in [0.15, 0.2) is 66.2 Å². The largest absolute Gasteiger partial charge is 0.507 e. The number of ketones is 1. The molecule has 1 atom stereocenters. The van der Waals surface area contributed by atoms with Crippen molar-refractivity contribution in [2.45, 2.75) is 26.8 Å². The van der Waals surface area contributed by atoms with Gasteiger partial charge >= 0.3 is 0 Å². The summed E-state index contributed by atoms with van der Waals surface area (Å²) in [6, 6.07) is 16.8. The summed E-state index contributed by atoms with van der Waals surface area (Å²) in [5, 5.41) is 11.5. The van der Waals surface area contributed by atoms with Gasteiger partial charge in [0.15, 0.2) is 11.5 Å². The minimum absolute atomic E-state index is 0.0112. The highest BCUT2D eigenvalue weighted by molar-refractivity contribution is 6.51. The van der Waals surface area contributed by atoms with Gasteiger partial charge in [0, 0.05) is 11.3 Å². The van der Waals surface area contributed by atoms with E-state index in [0.717, 1.165) is 11.1 Å². The Morgan fingerprint density at radius 1 is 0.917 bits per heavy atom. The molecule has 36 heavy (non-hydrogen) atoms. The molecule has 1 aliphatic rings. The highest BCUT2D eigenvalue weighted by atomic mass is 16.5. The third kappa shape index (κ3) is 4.40. The molecule has 1 N–H and O–H groups in total. The smallest absolute Gasteiger partial charge is 0.300 e. The monoisotopic (exact) mass is 487 g/mol. The van der Waals surface area contributed by atoms with Gasteiger partial charge in [0.25, 0.3) is 11.7 Å². The first-order chi connectivity index (χ1) is 17.3. The number of Topliss-reactive ketones (excluding diaryl/α,β-unsaturated/α-hetero) is 1. The van der Waals surface area contributed by atoms with Gasteiger partial charge in [-0.15, -0.1) is 0 Å². The molecule has 1 saturated heterocycles. The lowest BCUT2D eigenvalue weighted by atomic mass is 9.93. The third-order valence-electron chi connectivity index (χ3n) is 6.25. The molecule has 0 aliphatic carbocycles. The minimum Gasteiger partial charge on any atom is -0.507 e. The van der Waals surface area contributed by atoms with Crippen molar-refractivity contribution in [3.8, 4) is 17.2 Å². The number of amides is 1. The first kappa shape index (κ1) is 24.9. The van der Waals surface area contributed by atoms with Crippen molar-refractivity contribution >= 4 is 23.1 Å². The fourth-order valence-electron chi connectivity index (χ4n) is 4.42. The number of aliphatic hydroxyl groups excluding tert-OH is 1. The molecule has 1 fully saturated rings. The van der Waals surface area contributed by atoms with Crippen molar-refractivity contribution in [3.63, 3.8) is 0 Å². The Morgan fingerprint density at radius 3 is 2.28 bits per heavy atom. The maximum Gasteiger partial charge on any atom is 0.300 e. The van der Waals surface area contributed by atoms with E-state index in [-0.39, 0.29) is 11.3 Å². The Hall–Kier alpha value is -4.26. The van der Waals surface area contributed by atoms with Crippen LogP contribution in [-0.4, -0.2) is 37.6 Å². The number of carbonyl (C=O) groups is 2. The first-order valence-corrected chi connectivity index (χ1v) is 11.6. The number of benzene rings is 3. The average Bonchev–Trinajstić information content (AvgIpc) is 3.15. The minimum atomic E-state index is -0.886. The molecule has 186 valence electrons. The highest BCUT2D eigenvalue weighted by Gasteiger charge is 2.47. The van der Waals surface area contributed by atoms with E-state index in [4.69, 9.17) is 14.2 Å². The molecule has 0 bridgehead atoms. The lowest BCUT2D eigenvalue weighted by molar-refractivity contribution is -0.132. The second kappa shape index (κ2) is 10.2.